The second-order valence-electron chi connectivity index (χ2n) is 6.51. The number of nitrogens with zero attached hydrogens (tertiary/aromatic N) is 2. The maximum atomic E-state index is 5.95. The lowest BCUT2D eigenvalue weighted by atomic mass is 9.98. The molecule has 1 aliphatic rings. The molecule has 0 spiro atoms. The first-order chi connectivity index (χ1) is 11.3. The Bertz CT molecular complexity index is 794. The largest absolute Gasteiger partial charge is 0.299 e. The van der Waals surface area contributed by atoms with Gasteiger partial charge in [-0.15, -0.1) is 0 Å². The molecule has 0 amide bonds. The highest BCUT2D eigenvalue weighted by Crippen LogP contribution is 2.24. The molecule has 4 heteroatoms. The van der Waals surface area contributed by atoms with Crippen LogP contribution in [0.25, 0.3) is 10.9 Å². The first-order valence-corrected chi connectivity index (χ1v) is 8.53. The fourth-order valence-electron chi connectivity index (χ4n) is 3.52. The number of aromatic amines is 1. The Hall–Kier alpha value is -1.84. The minimum Gasteiger partial charge on any atom is -0.299 e. The lowest BCUT2D eigenvalue weighted by Crippen LogP contribution is -2.20. The zero-order valence-corrected chi connectivity index (χ0v) is 13.8. The molecule has 2 aromatic carbocycles. The number of benzene rings is 2. The molecule has 1 N–H and O–H groups in total. The summed E-state index contributed by atoms with van der Waals surface area (Å²) in [7, 11) is 0. The van der Waals surface area contributed by atoms with Crippen LogP contribution in [0.3, 0.4) is 0 Å². The van der Waals surface area contributed by atoms with Crippen molar-refractivity contribution in [2.24, 2.45) is 5.92 Å². The number of H-pyrrole nitrogens is 1. The molecule has 0 radical (unpaired) electrons. The molecule has 23 heavy (non-hydrogen) atoms. The Morgan fingerprint density at radius 1 is 1.13 bits per heavy atom. The third-order valence-electron chi connectivity index (χ3n) is 4.72. The summed E-state index contributed by atoms with van der Waals surface area (Å²) in [5.41, 5.74) is 3.87. The highest BCUT2D eigenvalue weighted by atomic mass is 35.5. The minimum absolute atomic E-state index is 0.742. The summed E-state index contributed by atoms with van der Waals surface area (Å²) in [4.78, 5) is 2.55. The van der Waals surface area contributed by atoms with Crippen LogP contribution in [0, 0.1) is 5.92 Å². The summed E-state index contributed by atoms with van der Waals surface area (Å²) in [5, 5.41) is 9.12. The zero-order valence-electron chi connectivity index (χ0n) is 13.0. The topological polar surface area (TPSA) is 31.9 Å². The Balaban J connectivity index is 1.37. The molecule has 0 bridgehead atoms. The van der Waals surface area contributed by atoms with Crippen LogP contribution in [0.2, 0.25) is 5.02 Å². The Morgan fingerprint density at radius 2 is 1.96 bits per heavy atom. The van der Waals surface area contributed by atoms with E-state index in [0.29, 0.717) is 0 Å². The molecule has 2 heterocycles. The van der Waals surface area contributed by atoms with Gasteiger partial charge in [0, 0.05) is 23.5 Å². The molecule has 0 unspecified atom stereocenters. The highest BCUT2D eigenvalue weighted by molar-refractivity contribution is 6.30. The third kappa shape index (κ3) is 3.41. The summed E-state index contributed by atoms with van der Waals surface area (Å²) in [6.45, 7) is 3.38. The number of likely N-dealkylation sites (tertiary alicyclic amines) is 1. The van der Waals surface area contributed by atoms with E-state index in [-0.39, 0.29) is 0 Å². The van der Waals surface area contributed by atoms with E-state index >= 15 is 0 Å². The third-order valence-corrected chi connectivity index (χ3v) is 4.97. The van der Waals surface area contributed by atoms with Gasteiger partial charge in [0.1, 0.15) is 0 Å². The minimum atomic E-state index is 0.742. The maximum Gasteiger partial charge on any atom is 0.0650 e. The molecule has 0 saturated carbocycles. The number of halogens is 1. The number of fused-ring (bicyclic) bond motifs is 1. The smallest absolute Gasteiger partial charge is 0.0650 e. The van der Waals surface area contributed by atoms with Crippen LogP contribution in [0.15, 0.2) is 48.7 Å². The van der Waals surface area contributed by atoms with Crippen LogP contribution in [0.4, 0.5) is 0 Å². The van der Waals surface area contributed by atoms with E-state index in [9.17, 15) is 0 Å². The van der Waals surface area contributed by atoms with Crippen LogP contribution in [-0.4, -0.2) is 28.2 Å². The molecule has 1 atom stereocenters. The number of aromatic nitrogens is 2. The van der Waals surface area contributed by atoms with Crippen molar-refractivity contribution in [3.63, 3.8) is 0 Å². The normalized spacial score (nSPS) is 18.7. The molecule has 3 nitrogen and oxygen atoms in total. The number of rotatable bonds is 4. The van der Waals surface area contributed by atoms with Gasteiger partial charge in [-0.25, -0.2) is 0 Å². The van der Waals surface area contributed by atoms with Gasteiger partial charge in [0.15, 0.2) is 0 Å². The van der Waals surface area contributed by atoms with Gasteiger partial charge in [0.2, 0.25) is 0 Å². The lowest BCUT2D eigenvalue weighted by molar-refractivity contribution is 0.316. The molecular weight excluding hydrogens is 306 g/mol. The number of hydrogen-bond donors (Lipinski definition) is 1. The van der Waals surface area contributed by atoms with Gasteiger partial charge in [0.05, 0.1) is 11.7 Å². The van der Waals surface area contributed by atoms with E-state index in [0.717, 1.165) is 29.4 Å². The van der Waals surface area contributed by atoms with E-state index in [4.69, 9.17) is 11.6 Å². The van der Waals surface area contributed by atoms with Crippen molar-refractivity contribution in [2.45, 2.75) is 19.4 Å². The molecule has 1 aromatic heterocycles. The molecule has 3 aromatic rings. The van der Waals surface area contributed by atoms with Crippen LogP contribution in [0.5, 0.6) is 0 Å². The van der Waals surface area contributed by atoms with Crippen LogP contribution >= 0.6 is 11.6 Å². The van der Waals surface area contributed by atoms with Gasteiger partial charge < -0.3 is 0 Å². The quantitative estimate of drug-likeness (QED) is 0.776. The molecule has 118 valence electrons. The summed E-state index contributed by atoms with van der Waals surface area (Å²) in [5.74, 6) is 0.742. The number of nitrogens with one attached hydrogen (secondary N) is 1. The van der Waals surface area contributed by atoms with Crippen molar-refractivity contribution in [2.75, 3.05) is 13.1 Å². The van der Waals surface area contributed by atoms with Gasteiger partial charge in [-0.2, -0.15) is 5.10 Å². The fraction of sp³-hybridized carbons (Fsp3) is 0.316. The van der Waals surface area contributed by atoms with Gasteiger partial charge >= 0.3 is 0 Å². The first-order valence-electron chi connectivity index (χ1n) is 8.15. The van der Waals surface area contributed by atoms with Crippen molar-refractivity contribution in [3.8, 4) is 0 Å². The molecule has 4 rings (SSSR count). The lowest BCUT2D eigenvalue weighted by Gasteiger charge is -2.16. The maximum absolute atomic E-state index is 5.95. The molecule has 1 aliphatic heterocycles. The molecule has 1 saturated heterocycles. The van der Waals surface area contributed by atoms with Gasteiger partial charge in [-0.05, 0) is 60.7 Å². The van der Waals surface area contributed by atoms with E-state index in [1.165, 1.54) is 36.0 Å². The van der Waals surface area contributed by atoms with Gasteiger partial charge in [-0.3, -0.25) is 10.00 Å². The first kappa shape index (κ1) is 14.7. The van der Waals surface area contributed by atoms with E-state index in [1.807, 2.05) is 18.3 Å². The van der Waals surface area contributed by atoms with Crippen molar-refractivity contribution in [1.29, 1.82) is 0 Å². The Morgan fingerprint density at radius 3 is 2.83 bits per heavy atom. The summed E-state index contributed by atoms with van der Waals surface area (Å²) in [6.07, 6.45) is 4.33. The highest BCUT2D eigenvalue weighted by Gasteiger charge is 2.22. The summed E-state index contributed by atoms with van der Waals surface area (Å²) in [6, 6.07) is 14.8. The van der Waals surface area contributed by atoms with Gasteiger partial charge in [-0.1, -0.05) is 29.8 Å². The van der Waals surface area contributed by atoms with Crippen LogP contribution < -0.4 is 0 Å². The van der Waals surface area contributed by atoms with Crippen molar-refractivity contribution in [1.82, 2.24) is 15.1 Å². The van der Waals surface area contributed by atoms with E-state index < -0.39 is 0 Å². The standard InChI is InChI=1S/C19H20ClN3/c20-18-4-1-14(2-5-18)12-23-8-7-16(13-23)9-15-3-6-19-17(10-15)11-21-22-19/h1-6,10-11,16H,7-9,12-13H2,(H,21,22)/t16-/m0/s1. The summed E-state index contributed by atoms with van der Waals surface area (Å²) < 4.78 is 0. The zero-order chi connectivity index (χ0) is 15.6. The predicted molar refractivity (Wildman–Crippen MR) is 94.6 cm³/mol. The predicted octanol–water partition coefficient (Wildman–Crippen LogP) is 4.28. The van der Waals surface area contributed by atoms with Crippen molar-refractivity contribution >= 4 is 22.5 Å². The fourth-order valence-corrected chi connectivity index (χ4v) is 3.65. The number of hydrogen-bond acceptors (Lipinski definition) is 2. The van der Waals surface area contributed by atoms with Crippen LogP contribution in [0.1, 0.15) is 17.5 Å². The summed E-state index contributed by atoms with van der Waals surface area (Å²) >= 11 is 5.95. The van der Waals surface area contributed by atoms with Gasteiger partial charge in [0.25, 0.3) is 0 Å². The Kier molecular flexibility index (Phi) is 4.06. The molecule has 0 aliphatic carbocycles. The Labute approximate surface area is 141 Å². The molecule has 1 fully saturated rings. The second kappa shape index (κ2) is 6.34. The van der Waals surface area contributed by atoms with Crippen LogP contribution in [-0.2, 0) is 13.0 Å². The van der Waals surface area contributed by atoms with Crippen molar-refractivity contribution < 1.29 is 0 Å². The average Bonchev–Trinajstić information content (AvgIpc) is 3.18. The van der Waals surface area contributed by atoms with E-state index in [1.54, 1.807) is 0 Å². The second-order valence-corrected chi connectivity index (χ2v) is 6.95. The monoisotopic (exact) mass is 325 g/mol. The SMILES string of the molecule is Clc1ccc(CN2CC[C@@H](Cc3ccc4[nH]ncc4c3)C2)cc1. The van der Waals surface area contributed by atoms with E-state index in [2.05, 4.69) is 45.4 Å². The van der Waals surface area contributed by atoms with Crippen molar-refractivity contribution in [3.05, 3.63) is 64.8 Å². The average molecular weight is 326 g/mol. The molecular formula is C19H20ClN3.